The largest absolute Gasteiger partial charge is 0.302 e. The summed E-state index contributed by atoms with van der Waals surface area (Å²) in [4.78, 5) is 2.23. The van der Waals surface area contributed by atoms with Crippen LogP contribution in [0.15, 0.2) is 22.7 Å². The van der Waals surface area contributed by atoms with Crippen molar-refractivity contribution in [3.05, 3.63) is 34.1 Å². The Morgan fingerprint density at radius 2 is 2.06 bits per heavy atom. The first-order valence-electron chi connectivity index (χ1n) is 5.76. The van der Waals surface area contributed by atoms with Crippen molar-refractivity contribution in [3.8, 4) is 0 Å². The molecule has 0 fully saturated rings. The minimum atomic E-state index is -0.181. The highest BCUT2D eigenvalue weighted by atomic mass is 79.9. The second-order valence-electron chi connectivity index (χ2n) is 4.16. The Bertz CT molecular complexity index is 328. The van der Waals surface area contributed by atoms with Gasteiger partial charge in [-0.15, -0.1) is 0 Å². The van der Waals surface area contributed by atoms with E-state index in [0.717, 1.165) is 18.7 Å². The number of nitrogens with zero attached hydrogens (tertiary/aromatic N) is 1. The van der Waals surface area contributed by atoms with Crippen molar-refractivity contribution in [1.82, 2.24) is 4.90 Å². The number of rotatable bonds is 6. The standard InChI is InChI=1S/C13H19BrFN/c1-3-4-5-9-16(2)10-11-7-6-8-12(15)13(11)14/h6-8H,3-5,9-10H2,1-2H3. The van der Waals surface area contributed by atoms with Gasteiger partial charge in [0.15, 0.2) is 0 Å². The third-order valence-corrected chi connectivity index (χ3v) is 3.50. The number of halogens is 2. The number of hydrogen-bond acceptors (Lipinski definition) is 1. The van der Waals surface area contributed by atoms with Crippen molar-refractivity contribution in [3.63, 3.8) is 0 Å². The van der Waals surface area contributed by atoms with E-state index < -0.39 is 0 Å². The van der Waals surface area contributed by atoms with Gasteiger partial charge in [0.2, 0.25) is 0 Å². The maximum Gasteiger partial charge on any atom is 0.137 e. The van der Waals surface area contributed by atoms with Crippen LogP contribution >= 0.6 is 15.9 Å². The fourth-order valence-electron chi connectivity index (χ4n) is 1.67. The van der Waals surface area contributed by atoms with E-state index in [9.17, 15) is 4.39 Å². The first-order chi connectivity index (χ1) is 7.65. The van der Waals surface area contributed by atoms with Crippen molar-refractivity contribution in [1.29, 1.82) is 0 Å². The van der Waals surface area contributed by atoms with E-state index in [0.29, 0.717) is 4.47 Å². The van der Waals surface area contributed by atoms with E-state index in [2.05, 4.69) is 34.8 Å². The molecular formula is C13H19BrFN. The summed E-state index contributed by atoms with van der Waals surface area (Å²) in [5.74, 6) is -0.181. The van der Waals surface area contributed by atoms with E-state index in [4.69, 9.17) is 0 Å². The average molecular weight is 288 g/mol. The van der Waals surface area contributed by atoms with Gasteiger partial charge < -0.3 is 4.90 Å². The van der Waals surface area contributed by atoms with Crippen molar-refractivity contribution in [2.75, 3.05) is 13.6 Å². The molecule has 0 N–H and O–H groups in total. The molecule has 0 saturated carbocycles. The second kappa shape index (κ2) is 7.02. The van der Waals surface area contributed by atoms with Gasteiger partial charge in [-0.2, -0.15) is 0 Å². The molecule has 1 rings (SSSR count). The molecule has 0 unspecified atom stereocenters. The Balaban J connectivity index is 2.49. The van der Waals surface area contributed by atoms with Crippen LogP contribution in [0, 0.1) is 5.82 Å². The molecular weight excluding hydrogens is 269 g/mol. The van der Waals surface area contributed by atoms with Crippen LogP contribution in [0.3, 0.4) is 0 Å². The number of benzene rings is 1. The second-order valence-corrected chi connectivity index (χ2v) is 4.95. The van der Waals surface area contributed by atoms with Crippen LogP contribution in [0.25, 0.3) is 0 Å². The van der Waals surface area contributed by atoms with Gasteiger partial charge in [-0.05, 0) is 47.6 Å². The van der Waals surface area contributed by atoms with Gasteiger partial charge in [0.05, 0.1) is 4.47 Å². The summed E-state index contributed by atoms with van der Waals surface area (Å²) in [6, 6.07) is 5.20. The normalized spacial score (nSPS) is 11.1. The fourth-order valence-corrected chi connectivity index (χ4v) is 2.06. The summed E-state index contributed by atoms with van der Waals surface area (Å²) in [7, 11) is 2.08. The zero-order valence-electron chi connectivity index (χ0n) is 9.97. The molecule has 0 aliphatic rings. The maximum absolute atomic E-state index is 13.3. The lowest BCUT2D eigenvalue weighted by Gasteiger charge is -2.17. The third kappa shape index (κ3) is 4.22. The maximum atomic E-state index is 13.3. The highest BCUT2D eigenvalue weighted by Gasteiger charge is 2.07. The van der Waals surface area contributed by atoms with Crippen LogP contribution in [0.4, 0.5) is 4.39 Å². The van der Waals surface area contributed by atoms with Crippen LogP contribution in [0.1, 0.15) is 31.7 Å². The average Bonchev–Trinajstić information content (AvgIpc) is 2.25. The van der Waals surface area contributed by atoms with Crippen LogP contribution in [0.5, 0.6) is 0 Å². The van der Waals surface area contributed by atoms with Crippen molar-refractivity contribution >= 4 is 15.9 Å². The predicted molar refractivity (Wildman–Crippen MR) is 70.0 cm³/mol. The molecule has 0 aliphatic heterocycles. The Morgan fingerprint density at radius 3 is 2.75 bits per heavy atom. The Hall–Kier alpha value is -0.410. The van der Waals surface area contributed by atoms with E-state index in [1.165, 1.54) is 25.3 Å². The highest BCUT2D eigenvalue weighted by molar-refractivity contribution is 9.10. The molecule has 0 atom stereocenters. The Morgan fingerprint density at radius 1 is 1.31 bits per heavy atom. The zero-order chi connectivity index (χ0) is 12.0. The van der Waals surface area contributed by atoms with E-state index in [1.807, 2.05) is 6.07 Å². The van der Waals surface area contributed by atoms with Gasteiger partial charge in [-0.25, -0.2) is 4.39 Å². The van der Waals surface area contributed by atoms with Gasteiger partial charge in [0, 0.05) is 6.54 Å². The lowest BCUT2D eigenvalue weighted by Crippen LogP contribution is -2.19. The van der Waals surface area contributed by atoms with Gasteiger partial charge in [-0.3, -0.25) is 0 Å². The molecule has 0 bridgehead atoms. The Kier molecular flexibility index (Phi) is 5.99. The fraction of sp³-hybridized carbons (Fsp3) is 0.538. The summed E-state index contributed by atoms with van der Waals surface area (Å²) >= 11 is 3.29. The summed E-state index contributed by atoms with van der Waals surface area (Å²) in [6.45, 7) is 4.06. The first kappa shape index (κ1) is 13.7. The van der Waals surface area contributed by atoms with Crippen LogP contribution < -0.4 is 0 Å². The van der Waals surface area contributed by atoms with Crippen molar-refractivity contribution in [2.24, 2.45) is 0 Å². The molecule has 0 heterocycles. The zero-order valence-corrected chi connectivity index (χ0v) is 11.6. The van der Waals surface area contributed by atoms with E-state index >= 15 is 0 Å². The topological polar surface area (TPSA) is 3.24 Å². The van der Waals surface area contributed by atoms with Gasteiger partial charge in [-0.1, -0.05) is 31.9 Å². The molecule has 1 aromatic rings. The van der Waals surface area contributed by atoms with Crippen LogP contribution in [0.2, 0.25) is 0 Å². The minimum absolute atomic E-state index is 0.181. The summed E-state index contributed by atoms with van der Waals surface area (Å²) in [6.07, 6.45) is 3.70. The monoisotopic (exact) mass is 287 g/mol. The van der Waals surface area contributed by atoms with E-state index in [1.54, 1.807) is 6.07 Å². The van der Waals surface area contributed by atoms with Gasteiger partial charge in [0.25, 0.3) is 0 Å². The SMILES string of the molecule is CCCCCN(C)Cc1cccc(F)c1Br. The summed E-state index contributed by atoms with van der Waals surface area (Å²) < 4.78 is 13.9. The molecule has 3 heteroatoms. The lowest BCUT2D eigenvalue weighted by molar-refractivity contribution is 0.317. The smallest absolute Gasteiger partial charge is 0.137 e. The summed E-state index contributed by atoms with van der Waals surface area (Å²) in [5, 5.41) is 0. The molecule has 0 aliphatic carbocycles. The highest BCUT2D eigenvalue weighted by Crippen LogP contribution is 2.21. The molecule has 1 aromatic carbocycles. The third-order valence-electron chi connectivity index (χ3n) is 2.62. The quantitative estimate of drug-likeness (QED) is 0.709. The van der Waals surface area contributed by atoms with Crippen LogP contribution in [-0.4, -0.2) is 18.5 Å². The van der Waals surface area contributed by atoms with Crippen LogP contribution in [-0.2, 0) is 6.54 Å². The first-order valence-corrected chi connectivity index (χ1v) is 6.56. The minimum Gasteiger partial charge on any atom is -0.302 e. The van der Waals surface area contributed by atoms with Crippen molar-refractivity contribution < 1.29 is 4.39 Å². The molecule has 16 heavy (non-hydrogen) atoms. The van der Waals surface area contributed by atoms with E-state index in [-0.39, 0.29) is 5.82 Å². The number of unbranched alkanes of at least 4 members (excludes halogenated alkanes) is 2. The summed E-state index contributed by atoms with van der Waals surface area (Å²) in [5.41, 5.74) is 1.01. The molecule has 0 radical (unpaired) electrons. The Labute approximate surface area is 106 Å². The molecule has 1 nitrogen and oxygen atoms in total. The van der Waals surface area contributed by atoms with Crippen molar-refractivity contribution in [2.45, 2.75) is 32.7 Å². The van der Waals surface area contributed by atoms with Gasteiger partial charge >= 0.3 is 0 Å². The number of hydrogen-bond donors (Lipinski definition) is 0. The molecule has 0 aromatic heterocycles. The molecule has 90 valence electrons. The molecule has 0 saturated heterocycles. The molecule has 0 spiro atoms. The lowest BCUT2D eigenvalue weighted by atomic mass is 10.2. The van der Waals surface area contributed by atoms with Gasteiger partial charge in [0.1, 0.15) is 5.82 Å². The molecule has 0 amide bonds. The predicted octanol–water partition coefficient (Wildman–Crippen LogP) is 4.21.